The molecule has 3 aromatic rings. The molecule has 3 nitrogen and oxygen atoms in total. The van der Waals surface area contributed by atoms with Crippen molar-refractivity contribution < 1.29 is 23.7 Å². The summed E-state index contributed by atoms with van der Waals surface area (Å²) in [6, 6.07) is 18.6. The molecular formula is C22H22F2O3. The molecule has 2 N–H and O–H groups in total. The van der Waals surface area contributed by atoms with Crippen molar-refractivity contribution in [3.63, 3.8) is 0 Å². The van der Waals surface area contributed by atoms with Crippen LogP contribution in [0.2, 0.25) is 0 Å². The van der Waals surface area contributed by atoms with E-state index in [0.29, 0.717) is 17.9 Å². The minimum Gasteiger partial charge on any atom is -0.489 e. The molecule has 0 radical (unpaired) electrons. The van der Waals surface area contributed by atoms with Crippen LogP contribution in [0.4, 0.5) is 8.78 Å². The van der Waals surface area contributed by atoms with Crippen LogP contribution in [-0.4, -0.2) is 16.8 Å². The van der Waals surface area contributed by atoms with Gasteiger partial charge >= 0.3 is 0 Å². The predicted octanol–water partition coefficient (Wildman–Crippen LogP) is 4.70. The van der Waals surface area contributed by atoms with Crippen LogP contribution >= 0.6 is 0 Å². The van der Waals surface area contributed by atoms with Crippen molar-refractivity contribution in [3.8, 4) is 16.9 Å². The maximum absolute atomic E-state index is 14.1. The van der Waals surface area contributed by atoms with Gasteiger partial charge in [-0.3, -0.25) is 0 Å². The van der Waals surface area contributed by atoms with Crippen LogP contribution in [0.3, 0.4) is 0 Å². The summed E-state index contributed by atoms with van der Waals surface area (Å²) in [7, 11) is 0. The minimum atomic E-state index is -0.697. The Bertz CT molecular complexity index is 811. The number of halogens is 2. The third-order valence-corrected chi connectivity index (χ3v) is 3.68. The molecule has 0 aromatic heterocycles. The van der Waals surface area contributed by atoms with Crippen molar-refractivity contribution in [2.75, 3.05) is 6.61 Å². The van der Waals surface area contributed by atoms with Crippen molar-refractivity contribution in [3.05, 3.63) is 89.5 Å². The molecule has 0 aliphatic rings. The van der Waals surface area contributed by atoms with E-state index in [0.717, 1.165) is 17.7 Å². The van der Waals surface area contributed by atoms with E-state index in [-0.39, 0.29) is 17.7 Å². The molecule has 3 rings (SSSR count). The Hall–Kier alpha value is -2.76. The van der Waals surface area contributed by atoms with Gasteiger partial charge in [-0.05, 0) is 47.9 Å². The molecule has 0 heterocycles. The van der Waals surface area contributed by atoms with Crippen LogP contribution in [0.5, 0.6) is 5.75 Å². The maximum atomic E-state index is 14.1. The smallest absolute Gasteiger partial charge is 0.134 e. The van der Waals surface area contributed by atoms with Crippen LogP contribution in [-0.2, 0) is 13.2 Å². The van der Waals surface area contributed by atoms with Crippen LogP contribution in [0, 0.1) is 11.6 Å². The van der Waals surface area contributed by atoms with E-state index in [2.05, 4.69) is 0 Å². The Kier molecular flexibility index (Phi) is 7.92. The molecule has 0 fully saturated rings. The standard InChI is InChI=1S/C20H16F2O2.C2H6O/c21-18-10-15(12-23)11-19(22)20(18)16-6-8-17(9-7-16)24-13-14-4-2-1-3-5-14;1-2-3/h1-11,23H,12-13H2;3H,2H2,1H3. The van der Waals surface area contributed by atoms with E-state index in [1.54, 1.807) is 31.2 Å². The van der Waals surface area contributed by atoms with Gasteiger partial charge in [0.05, 0.1) is 12.2 Å². The first-order valence-corrected chi connectivity index (χ1v) is 8.55. The highest BCUT2D eigenvalue weighted by Crippen LogP contribution is 2.29. The molecular weight excluding hydrogens is 350 g/mol. The van der Waals surface area contributed by atoms with Crippen molar-refractivity contribution in [1.82, 2.24) is 0 Å². The summed E-state index contributed by atoms with van der Waals surface area (Å²) in [6.07, 6.45) is 0. The lowest BCUT2D eigenvalue weighted by Gasteiger charge is -2.10. The Morgan fingerprint density at radius 3 is 1.89 bits per heavy atom. The van der Waals surface area contributed by atoms with Crippen molar-refractivity contribution in [2.24, 2.45) is 0 Å². The topological polar surface area (TPSA) is 49.7 Å². The Morgan fingerprint density at radius 1 is 0.815 bits per heavy atom. The number of hydrogen-bond acceptors (Lipinski definition) is 3. The lowest BCUT2D eigenvalue weighted by molar-refractivity contribution is 0.280. The van der Waals surface area contributed by atoms with Crippen LogP contribution in [0.15, 0.2) is 66.7 Å². The molecule has 0 amide bonds. The molecule has 5 heteroatoms. The highest BCUT2D eigenvalue weighted by atomic mass is 19.1. The summed E-state index contributed by atoms with van der Waals surface area (Å²) < 4.78 is 33.8. The highest BCUT2D eigenvalue weighted by molar-refractivity contribution is 5.66. The summed E-state index contributed by atoms with van der Waals surface area (Å²) in [5, 5.41) is 16.6. The van der Waals surface area contributed by atoms with Gasteiger partial charge in [0.1, 0.15) is 24.0 Å². The average Bonchev–Trinajstić information content (AvgIpc) is 2.68. The zero-order chi connectivity index (χ0) is 19.6. The van der Waals surface area contributed by atoms with E-state index in [9.17, 15) is 8.78 Å². The first-order chi connectivity index (χ1) is 13.1. The fourth-order valence-corrected chi connectivity index (χ4v) is 2.45. The monoisotopic (exact) mass is 372 g/mol. The predicted molar refractivity (Wildman–Crippen MR) is 101 cm³/mol. The summed E-state index contributed by atoms with van der Waals surface area (Å²) in [5.41, 5.74) is 1.55. The Balaban J connectivity index is 0.000000817. The van der Waals surface area contributed by atoms with Gasteiger partial charge in [-0.25, -0.2) is 8.78 Å². The second kappa shape index (κ2) is 10.4. The Labute approximate surface area is 157 Å². The summed E-state index contributed by atoms with van der Waals surface area (Å²) in [4.78, 5) is 0. The largest absolute Gasteiger partial charge is 0.489 e. The third-order valence-electron chi connectivity index (χ3n) is 3.68. The van der Waals surface area contributed by atoms with Gasteiger partial charge in [0.15, 0.2) is 0 Å². The first kappa shape index (κ1) is 20.6. The van der Waals surface area contributed by atoms with E-state index in [1.807, 2.05) is 30.3 Å². The molecule has 142 valence electrons. The summed E-state index contributed by atoms with van der Waals surface area (Å²) >= 11 is 0. The van der Waals surface area contributed by atoms with Crippen LogP contribution < -0.4 is 4.74 Å². The highest BCUT2D eigenvalue weighted by Gasteiger charge is 2.13. The van der Waals surface area contributed by atoms with E-state index < -0.39 is 18.2 Å². The van der Waals surface area contributed by atoms with Crippen molar-refractivity contribution >= 4 is 0 Å². The molecule has 0 saturated carbocycles. The fourth-order valence-electron chi connectivity index (χ4n) is 2.45. The van der Waals surface area contributed by atoms with Gasteiger partial charge in [0.25, 0.3) is 0 Å². The van der Waals surface area contributed by atoms with E-state index in [1.165, 1.54) is 0 Å². The zero-order valence-electron chi connectivity index (χ0n) is 15.0. The second-order valence-electron chi connectivity index (χ2n) is 5.71. The third kappa shape index (κ3) is 5.88. The van der Waals surface area contributed by atoms with Gasteiger partial charge in [0, 0.05) is 6.61 Å². The SMILES string of the molecule is CCO.OCc1cc(F)c(-c2ccc(OCc3ccccc3)cc2)c(F)c1. The Morgan fingerprint density at radius 2 is 1.37 bits per heavy atom. The molecule has 0 aliphatic carbocycles. The lowest BCUT2D eigenvalue weighted by Crippen LogP contribution is -1.96. The fraction of sp³-hybridized carbons (Fsp3) is 0.182. The van der Waals surface area contributed by atoms with Crippen LogP contribution in [0.25, 0.3) is 11.1 Å². The summed E-state index contributed by atoms with van der Waals surface area (Å²) in [6.45, 7) is 1.95. The van der Waals surface area contributed by atoms with Gasteiger partial charge in [-0.15, -0.1) is 0 Å². The maximum Gasteiger partial charge on any atom is 0.134 e. The molecule has 0 saturated heterocycles. The average molecular weight is 372 g/mol. The number of aliphatic hydroxyl groups is 2. The van der Waals surface area contributed by atoms with Gasteiger partial charge in [0.2, 0.25) is 0 Å². The quantitative estimate of drug-likeness (QED) is 0.682. The van der Waals surface area contributed by atoms with E-state index in [4.69, 9.17) is 14.9 Å². The number of ether oxygens (including phenoxy) is 1. The molecule has 0 atom stereocenters. The number of hydrogen-bond donors (Lipinski definition) is 2. The molecule has 3 aromatic carbocycles. The molecule has 0 unspecified atom stereocenters. The minimum absolute atomic E-state index is 0.109. The molecule has 0 bridgehead atoms. The molecule has 0 aliphatic heterocycles. The number of rotatable bonds is 5. The van der Waals surface area contributed by atoms with E-state index >= 15 is 0 Å². The van der Waals surface area contributed by atoms with Gasteiger partial charge < -0.3 is 14.9 Å². The lowest BCUT2D eigenvalue weighted by atomic mass is 10.0. The first-order valence-electron chi connectivity index (χ1n) is 8.55. The second-order valence-corrected chi connectivity index (χ2v) is 5.71. The summed E-state index contributed by atoms with van der Waals surface area (Å²) in [5.74, 6) is -0.774. The van der Waals surface area contributed by atoms with Crippen LogP contribution in [0.1, 0.15) is 18.1 Å². The zero-order valence-corrected chi connectivity index (χ0v) is 15.0. The van der Waals surface area contributed by atoms with Crippen molar-refractivity contribution in [1.29, 1.82) is 0 Å². The normalized spacial score (nSPS) is 10.1. The number of aliphatic hydroxyl groups excluding tert-OH is 2. The molecule has 27 heavy (non-hydrogen) atoms. The van der Waals surface area contributed by atoms with Gasteiger partial charge in [-0.1, -0.05) is 42.5 Å². The molecule has 0 spiro atoms. The number of benzene rings is 3. The van der Waals surface area contributed by atoms with Crippen molar-refractivity contribution in [2.45, 2.75) is 20.1 Å². The van der Waals surface area contributed by atoms with Gasteiger partial charge in [-0.2, -0.15) is 0 Å².